The average Bonchev–Trinajstić information content (AvgIpc) is 2.86. The number of aliphatic imine (C=N–C) groups is 1. The first-order valence-electron chi connectivity index (χ1n) is 6.45. The number of nitrogens with zero attached hydrogens (tertiary/aromatic N) is 1. The summed E-state index contributed by atoms with van der Waals surface area (Å²) < 4.78 is 0. The zero-order chi connectivity index (χ0) is 15.0. The molecule has 1 unspecified atom stereocenters. The van der Waals surface area contributed by atoms with Crippen LogP contribution in [0.2, 0.25) is 0 Å². The molecule has 0 spiro atoms. The molecule has 0 aromatic carbocycles. The molecule has 0 fully saturated rings. The van der Waals surface area contributed by atoms with Gasteiger partial charge in [-0.3, -0.25) is 14.6 Å². The zero-order valence-electron chi connectivity index (χ0n) is 11.4. The van der Waals surface area contributed by atoms with E-state index in [0.29, 0.717) is 19.4 Å². The fourth-order valence-corrected chi connectivity index (χ4v) is 1.76. The molecule has 0 aromatic rings. The molecule has 7 nitrogen and oxygen atoms in total. The first-order chi connectivity index (χ1) is 9.49. The molecule has 0 aromatic heterocycles. The van der Waals surface area contributed by atoms with Gasteiger partial charge in [0.1, 0.15) is 6.04 Å². The van der Waals surface area contributed by atoms with Crippen LogP contribution in [0.15, 0.2) is 16.8 Å². The highest BCUT2D eigenvalue weighted by molar-refractivity contribution is 5.84. The van der Waals surface area contributed by atoms with E-state index in [1.807, 2.05) is 0 Å². The van der Waals surface area contributed by atoms with Crippen LogP contribution in [-0.2, 0) is 14.4 Å². The first-order valence-corrected chi connectivity index (χ1v) is 6.45. The van der Waals surface area contributed by atoms with Crippen LogP contribution in [0.25, 0.3) is 0 Å². The van der Waals surface area contributed by atoms with Crippen molar-refractivity contribution in [3.63, 3.8) is 0 Å². The molecule has 1 rings (SSSR count). The van der Waals surface area contributed by atoms with E-state index in [-0.39, 0.29) is 24.7 Å². The summed E-state index contributed by atoms with van der Waals surface area (Å²) in [6.45, 7) is 1.80. The Kier molecular flexibility index (Phi) is 6.42. The van der Waals surface area contributed by atoms with Crippen molar-refractivity contribution >= 4 is 24.0 Å². The Morgan fingerprint density at radius 1 is 1.45 bits per heavy atom. The monoisotopic (exact) mass is 281 g/mol. The SMILES string of the molecule is CC(=O)NCCCC(=O)NC(CC1=CN=CC1)C(=O)O. The summed E-state index contributed by atoms with van der Waals surface area (Å²) in [4.78, 5) is 37.3. The Balaban J connectivity index is 2.31. The van der Waals surface area contributed by atoms with Crippen molar-refractivity contribution < 1.29 is 19.5 Å². The van der Waals surface area contributed by atoms with Crippen LogP contribution in [0.5, 0.6) is 0 Å². The molecule has 7 heteroatoms. The summed E-state index contributed by atoms with van der Waals surface area (Å²) in [6, 6.07) is -0.934. The number of carbonyl (C=O) groups excluding carboxylic acids is 2. The van der Waals surface area contributed by atoms with Crippen molar-refractivity contribution in [3.8, 4) is 0 Å². The summed E-state index contributed by atoms with van der Waals surface area (Å²) in [7, 11) is 0. The van der Waals surface area contributed by atoms with Crippen LogP contribution < -0.4 is 10.6 Å². The predicted molar refractivity (Wildman–Crippen MR) is 73.3 cm³/mol. The van der Waals surface area contributed by atoms with Gasteiger partial charge in [0, 0.05) is 45.1 Å². The second kappa shape index (κ2) is 8.08. The second-order valence-corrected chi connectivity index (χ2v) is 4.57. The maximum absolute atomic E-state index is 11.6. The van der Waals surface area contributed by atoms with Crippen LogP contribution >= 0.6 is 0 Å². The molecule has 0 radical (unpaired) electrons. The summed E-state index contributed by atoms with van der Waals surface area (Å²) in [5, 5.41) is 14.1. The minimum atomic E-state index is -1.06. The standard InChI is InChI=1S/C13H19N3O4/c1-9(17)15-5-2-3-12(18)16-11(13(19)20)7-10-4-6-14-8-10/h6,8,11H,2-5,7H2,1H3,(H,15,17)(H,16,18)(H,19,20). The third-order valence-electron chi connectivity index (χ3n) is 2.77. The predicted octanol–water partition coefficient (Wildman–Crippen LogP) is 0.221. The Hall–Kier alpha value is -2.18. The molecule has 3 N–H and O–H groups in total. The van der Waals surface area contributed by atoms with Crippen molar-refractivity contribution in [1.82, 2.24) is 10.6 Å². The van der Waals surface area contributed by atoms with Gasteiger partial charge in [0.05, 0.1) is 0 Å². The number of aliphatic carboxylic acids is 1. The normalized spacial score (nSPS) is 14.6. The topological polar surface area (TPSA) is 108 Å². The van der Waals surface area contributed by atoms with E-state index >= 15 is 0 Å². The van der Waals surface area contributed by atoms with Gasteiger partial charge in [0.25, 0.3) is 0 Å². The maximum atomic E-state index is 11.6. The summed E-state index contributed by atoms with van der Waals surface area (Å²) in [6.07, 6.45) is 4.86. The smallest absolute Gasteiger partial charge is 0.326 e. The summed E-state index contributed by atoms with van der Waals surface area (Å²) >= 11 is 0. The summed E-state index contributed by atoms with van der Waals surface area (Å²) in [5.74, 6) is -1.54. The number of carbonyl (C=O) groups is 3. The van der Waals surface area contributed by atoms with Crippen LogP contribution in [0, 0.1) is 0 Å². The summed E-state index contributed by atoms with van der Waals surface area (Å²) in [5.41, 5.74) is 0.885. The van der Waals surface area contributed by atoms with Gasteiger partial charge in [0.2, 0.25) is 11.8 Å². The average molecular weight is 281 g/mol. The number of rotatable bonds is 8. The highest BCUT2D eigenvalue weighted by Gasteiger charge is 2.21. The third-order valence-corrected chi connectivity index (χ3v) is 2.77. The molecule has 20 heavy (non-hydrogen) atoms. The van der Waals surface area contributed by atoms with Crippen LogP contribution in [0.3, 0.4) is 0 Å². The molecule has 1 aliphatic heterocycles. The Morgan fingerprint density at radius 2 is 2.20 bits per heavy atom. The van der Waals surface area contributed by atoms with E-state index in [0.717, 1.165) is 5.57 Å². The lowest BCUT2D eigenvalue weighted by atomic mass is 10.1. The minimum Gasteiger partial charge on any atom is -0.480 e. The van der Waals surface area contributed by atoms with E-state index < -0.39 is 12.0 Å². The number of carboxylic acids is 1. The molecule has 2 amide bonds. The maximum Gasteiger partial charge on any atom is 0.326 e. The molecule has 1 atom stereocenters. The van der Waals surface area contributed by atoms with Crippen molar-refractivity contribution in [3.05, 3.63) is 11.8 Å². The van der Waals surface area contributed by atoms with Gasteiger partial charge in [-0.25, -0.2) is 4.79 Å². The molecule has 1 heterocycles. The van der Waals surface area contributed by atoms with Gasteiger partial charge in [0.15, 0.2) is 0 Å². The van der Waals surface area contributed by atoms with E-state index in [9.17, 15) is 14.4 Å². The number of amides is 2. The van der Waals surface area contributed by atoms with Crippen LogP contribution in [0.4, 0.5) is 0 Å². The zero-order valence-corrected chi connectivity index (χ0v) is 11.4. The Morgan fingerprint density at radius 3 is 2.75 bits per heavy atom. The highest BCUT2D eigenvalue weighted by Crippen LogP contribution is 2.13. The fraction of sp³-hybridized carbons (Fsp3) is 0.538. The van der Waals surface area contributed by atoms with E-state index in [2.05, 4.69) is 15.6 Å². The second-order valence-electron chi connectivity index (χ2n) is 4.57. The molecule has 0 saturated heterocycles. The van der Waals surface area contributed by atoms with Crippen LogP contribution in [-0.4, -0.2) is 41.7 Å². The third kappa shape index (κ3) is 6.12. The van der Waals surface area contributed by atoms with Crippen LogP contribution in [0.1, 0.15) is 32.6 Å². The van der Waals surface area contributed by atoms with Gasteiger partial charge in [-0.2, -0.15) is 0 Å². The number of hydrogen-bond acceptors (Lipinski definition) is 4. The molecule has 1 aliphatic rings. The molecule has 0 aliphatic carbocycles. The first kappa shape index (κ1) is 15.9. The van der Waals surface area contributed by atoms with Crippen molar-refractivity contribution in [2.24, 2.45) is 4.99 Å². The van der Waals surface area contributed by atoms with Gasteiger partial charge in [-0.05, 0) is 12.0 Å². The lowest BCUT2D eigenvalue weighted by molar-refractivity contribution is -0.141. The van der Waals surface area contributed by atoms with E-state index in [4.69, 9.17) is 5.11 Å². The Labute approximate surface area is 117 Å². The lowest BCUT2D eigenvalue weighted by Gasteiger charge is -2.14. The lowest BCUT2D eigenvalue weighted by Crippen LogP contribution is -2.41. The number of nitrogens with one attached hydrogen (secondary N) is 2. The van der Waals surface area contributed by atoms with Gasteiger partial charge >= 0.3 is 5.97 Å². The number of carboxylic acid groups (broad SMARTS) is 1. The van der Waals surface area contributed by atoms with Crippen molar-refractivity contribution in [1.29, 1.82) is 0 Å². The molecular formula is C13H19N3O4. The largest absolute Gasteiger partial charge is 0.480 e. The highest BCUT2D eigenvalue weighted by atomic mass is 16.4. The van der Waals surface area contributed by atoms with Gasteiger partial charge in [-0.15, -0.1) is 0 Å². The minimum absolute atomic E-state index is 0.151. The molecule has 110 valence electrons. The van der Waals surface area contributed by atoms with E-state index in [1.165, 1.54) is 6.92 Å². The van der Waals surface area contributed by atoms with E-state index in [1.54, 1.807) is 12.4 Å². The van der Waals surface area contributed by atoms with Crippen molar-refractivity contribution in [2.75, 3.05) is 6.54 Å². The molecular weight excluding hydrogens is 262 g/mol. The fourth-order valence-electron chi connectivity index (χ4n) is 1.76. The Bertz CT molecular complexity index is 443. The molecule has 0 saturated carbocycles. The van der Waals surface area contributed by atoms with Crippen molar-refractivity contribution in [2.45, 2.75) is 38.6 Å². The van der Waals surface area contributed by atoms with Gasteiger partial charge in [-0.1, -0.05) is 0 Å². The number of hydrogen-bond donors (Lipinski definition) is 3. The quantitative estimate of drug-likeness (QED) is 0.553. The molecule has 0 bridgehead atoms. The van der Waals surface area contributed by atoms with Gasteiger partial charge < -0.3 is 15.7 Å².